The first-order chi connectivity index (χ1) is 6.16. The zero-order valence-electron chi connectivity index (χ0n) is 7.53. The van der Waals surface area contributed by atoms with Crippen molar-refractivity contribution < 1.29 is 13.9 Å². The van der Waals surface area contributed by atoms with Crippen molar-refractivity contribution in [2.45, 2.75) is 20.1 Å². The lowest BCUT2D eigenvalue weighted by Gasteiger charge is -2.08. The molecule has 0 saturated heterocycles. The summed E-state index contributed by atoms with van der Waals surface area (Å²) in [6.45, 7) is 3.46. The van der Waals surface area contributed by atoms with Gasteiger partial charge in [-0.15, -0.1) is 0 Å². The minimum atomic E-state index is -1.84. The van der Waals surface area contributed by atoms with E-state index in [2.05, 4.69) is 9.84 Å². The second-order valence-electron chi connectivity index (χ2n) is 2.51. The fraction of sp³-hybridized carbons (Fsp3) is 0.500. The van der Waals surface area contributed by atoms with Gasteiger partial charge in [-0.2, -0.15) is 5.10 Å². The molecule has 0 fully saturated rings. The number of hydrogen-bond acceptors (Lipinski definition) is 3. The van der Waals surface area contributed by atoms with Gasteiger partial charge in [0.15, 0.2) is 0 Å². The number of aromatic nitrogens is 2. The van der Waals surface area contributed by atoms with Gasteiger partial charge in [0.05, 0.1) is 6.61 Å². The molecule has 72 valence electrons. The number of nitrogens with zero attached hydrogens (tertiary/aromatic N) is 2. The van der Waals surface area contributed by atoms with Crippen molar-refractivity contribution in [2.24, 2.45) is 0 Å². The first-order valence-electron chi connectivity index (χ1n) is 3.97. The Labute approximate surface area is 75.3 Å². The number of carbonyl (C=O) groups is 1. The van der Waals surface area contributed by atoms with Crippen molar-refractivity contribution in [1.82, 2.24) is 9.78 Å². The van der Waals surface area contributed by atoms with Gasteiger partial charge < -0.3 is 4.74 Å². The Balaban J connectivity index is 2.73. The van der Waals surface area contributed by atoms with E-state index in [0.717, 1.165) is 4.68 Å². The quantitative estimate of drug-likeness (QED) is 0.667. The van der Waals surface area contributed by atoms with E-state index in [1.807, 2.05) is 0 Å². The smallest absolute Gasteiger partial charge is 0.363 e. The summed E-state index contributed by atoms with van der Waals surface area (Å²) in [5, 5.41) is 3.66. The third-order valence-corrected chi connectivity index (χ3v) is 1.56. The maximum absolute atomic E-state index is 13.2. The molecule has 1 aromatic rings. The highest BCUT2D eigenvalue weighted by atomic mass is 19.1. The van der Waals surface area contributed by atoms with E-state index in [9.17, 15) is 9.18 Å². The Hall–Kier alpha value is -1.39. The molecule has 0 aliphatic rings. The lowest BCUT2D eigenvalue weighted by molar-refractivity contribution is -0.153. The van der Waals surface area contributed by atoms with Gasteiger partial charge in [-0.3, -0.25) is 0 Å². The van der Waals surface area contributed by atoms with Crippen LogP contribution in [0.1, 0.15) is 18.9 Å². The number of rotatable bonds is 3. The van der Waals surface area contributed by atoms with E-state index in [1.165, 1.54) is 6.20 Å². The highest BCUT2D eigenvalue weighted by Crippen LogP contribution is 2.11. The van der Waals surface area contributed by atoms with E-state index in [0.29, 0.717) is 5.69 Å². The molecular formula is C8H11FN2O2. The number of carbonyl (C=O) groups excluding carboxylic acids is 1. The Kier molecular flexibility index (Phi) is 3.00. The number of halogens is 1. The molecule has 0 spiro atoms. The van der Waals surface area contributed by atoms with Crippen molar-refractivity contribution in [3.8, 4) is 0 Å². The van der Waals surface area contributed by atoms with Crippen LogP contribution >= 0.6 is 0 Å². The number of ether oxygens (including phenoxy) is 1. The lowest BCUT2D eigenvalue weighted by Crippen LogP contribution is -2.19. The van der Waals surface area contributed by atoms with Gasteiger partial charge in [-0.25, -0.2) is 13.9 Å². The van der Waals surface area contributed by atoms with Crippen LogP contribution in [0, 0.1) is 6.92 Å². The minimum Gasteiger partial charge on any atom is -0.462 e. The molecule has 0 N–H and O–H groups in total. The molecule has 1 atom stereocenters. The average molecular weight is 186 g/mol. The van der Waals surface area contributed by atoms with E-state index >= 15 is 0 Å². The van der Waals surface area contributed by atoms with Gasteiger partial charge in [-0.05, 0) is 19.9 Å². The Morgan fingerprint density at radius 1 is 1.85 bits per heavy atom. The topological polar surface area (TPSA) is 44.1 Å². The Bertz CT molecular complexity index is 298. The van der Waals surface area contributed by atoms with E-state index in [1.54, 1.807) is 19.9 Å². The van der Waals surface area contributed by atoms with Crippen LogP contribution in [0.15, 0.2) is 12.3 Å². The molecule has 13 heavy (non-hydrogen) atoms. The van der Waals surface area contributed by atoms with Crippen LogP contribution in [0.4, 0.5) is 4.39 Å². The zero-order valence-corrected chi connectivity index (χ0v) is 7.53. The van der Waals surface area contributed by atoms with Crippen LogP contribution in [0.5, 0.6) is 0 Å². The average Bonchev–Trinajstić information content (AvgIpc) is 2.50. The maximum Gasteiger partial charge on any atom is 0.363 e. The minimum absolute atomic E-state index is 0.166. The predicted molar refractivity (Wildman–Crippen MR) is 43.7 cm³/mol. The predicted octanol–water partition coefficient (Wildman–Crippen LogP) is 1.22. The highest BCUT2D eigenvalue weighted by Gasteiger charge is 2.21. The molecule has 4 nitrogen and oxygen atoms in total. The molecule has 1 aromatic heterocycles. The second kappa shape index (κ2) is 4.02. The summed E-state index contributed by atoms with van der Waals surface area (Å²) in [5.74, 6) is -0.908. The largest absolute Gasteiger partial charge is 0.462 e. The molecule has 0 saturated carbocycles. The third-order valence-electron chi connectivity index (χ3n) is 1.56. The molecule has 0 aromatic carbocycles. The van der Waals surface area contributed by atoms with Crippen molar-refractivity contribution >= 4 is 5.97 Å². The standard InChI is InChI=1S/C8H11FN2O2/c1-3-13-8(12)7(9)11-6(2)4-5-10-11/h4-5,7H,3H2,1-2H3. The molecule has 0 radical (unpaired) electrons. The van der Waals surface area contributed by atoms with Crippen LogP contribution in [0.3, 0.4) is 0 Å². The van der Waals surface area contributed by atoms with Gasteiger partial charge in [0.1, 0.15) is 0 Å². The Morgan fingerprint density at radius 3 is 3.00 bits per heavy atom. The van der Waals surface area contributed by atoms with Crippen molar-refractivity contribution in [3.05, 3.63) is 18.0 Å². The van der Waals surface area contributed by atoms with Gasteiger partial charge in [0, 0.05) is 11.9 Å². The van der Waals surface area contributed by atoms with Crippen LogP contribution < -0.4 is 0 Å². The molecule has 1 rings (SSSR count). The zero-order chi connectivity index (χ0) is 9.84. The van der Waals surface area contributed by atoms with Crippen molar-refractivity contribution in [2.75, 3.05) is 6.61 Å². The van der Waals surface area contributed by atoms with Crippen LogP contribution in [0.2, 0.25) is 0 Å². The monoisotopic (exact) mass is 186 g/mol. The van der Waals surface area contributed by atoms with Crippen LogP contribution in [0.25, 0.3) is 0 Å². The van der Waals surface area contributed by atoms with E-state index in [4.69, 9.17) is 0 Å². The van der Waals surface area contributed by atoms with E-state index in [-0.39, 0.29) is 6.61 Å². The molecule has 5 heteroatoms. The molecule has 1 unspecified atom stereocenters. The molecule has 1 heterocycles. The summed E-state index contributed by atoms with van der Waals surface area (Å²) in [5.41, 5.74) is 0.584. The summed E-state index contributed by atoms with van der Waals surface area (Å²) in [4.78, 5) is 10.9. The summed E-state index contributed by atoms with van der Waals surface area (Å²) >= 11 is 0. The summed E-state index contributed by atoms with van der Waals surface area (Å²) in [6.07, 6.45) is -0.406. The van der Waals surface area contributed by atoms with Gasteiger partial charge >= 0.3 is 5.97 Å². The summed E-state index contributed by atoms with van der Waals surface area (Å²) in [7, 11) is 0. The number of hydrogen-bond donors (Lipinski definition) is 0. The summed E-state index contributed by atoms with van der Waals surface area (Å²) in [6, 6.07) is 1.62. The van der Waals surface area contributed by atoms with Crippen LogP contribution in [-0.2, 0) is 9.53 Å². The highest BCUT2D eigenvalue weighted by molar-refractivity contribution is 5.72. The number of esters is 1. The normalized spacial score (nSPS) is 12.5. The second-order valence-corrected chi connectivity index (χ2v) is 2.51. The maximum atomic E-state index is 13.2. The molecule has 0 aliphatic heterocycles. The van der Waals surface area contributed by atoms with Crippen LogP contribution in [-0.4, -0.2) is 22.4 Å². The van der Waals surface area contributed by atoms with Gasteiger partial charge in [0.2, 0.25) is 0 Å². The fourth-order valence-electron chi connectivity index (χ4n) is 0.929. The van der Waals surface area contributed by atoms with Gasteiger partial charge in [0.25, 0.3) is 6.30 Å². The lowest BCUT2D eigenvalue weighted by atomic mass is 10.5. The number of aryl methyl sites for hydroxylation is 1. The molecule has 0 aliphatic carbocycles. The summed E-state index contributed by atoms with van der Waals surface area (Å²) < 4.78 is 18.7. The molecular weight excluding hydrogens is 175 g/mol. The first kappa shape index (κ1) is 9.70. The fourth-order valence-corrected chi connectivity index (χ4v) is 0.929. The number of alkyl halides is 1. The van der Waals surface area contributed by atoms with Crippen molar-refractivity contribution in [1.29, 1.82) is 0 Å². The van der Waals surface area contributed by atoms with Gasteiger partial charge in [-0.1, -0.05) is 0 Å². The SMILES string of the molecule is CCOC(=O)C(F)n1nccc1C. The third kappa shape index (κ3) is 2.05. The first-order valence-corrected chi connectivity index (χ1v) is 3.97. The van der Waals surface area contributed by atoms with E-state index < -0.39 is 12.3 Å². The van der Waals surface area contributed by atoms with Crippen molar-refractivity contribution in [3.63, 3.8) is 0 Å². The molecule has 0 bridgehead atoms. The Morgan fingerprint density at radius 2 is 2.54 bits per heavy atom. The molecule has 0 amide bonds.